The van der Waals surface area contributed by atoms with Crippen LogP contribution in [0.5, 0.6) is 0 Å². The van der Waals surface area contributed by atoms with E-state index in [4.69, 9.17) is 0 Å². The van der Waals surface area contributed by atoms with Gasteiger partial charge in [-0.2, -0.15) is 0 Å². The van der Waals surface area contributed by atoms with Gasteiger partial charge in [0.25, 0.3) is 0 Å². The Morgan fingerprint density at radius 3 is 2.00 bits per heavy atom. The molecule has 0 spiro atoms. The van der Waals surface area contributed by atoms with Crippen molar-refractivity contribution in [2.75, 3.05) is 0 Å². The molecule has 0 aromatic carbocycles. The molecule has 0 rings (SSSR count). The number of hydrogen-bond acceptors (Lipinski definition) is 0. The van der Waals surface area contributed by atoms with E-state index in [1.807, 2.05) is 0 Å². The lowest BCUT2D eigenvalue weighted by molar-refractivity contribution is 0.144. The second-order valence-corrected chi connectivity index (χ2v) is 0.811. The Morgan fingerprint density at radius 1 is 2.00 bits per heavy atom. The zero-order valence-corrected chi connectivity index (χ0v) is 2.69. The summed E-state index contributed by atoms with van der Waals surface area (Å²) in [7, 11) is 0. The van der Waals surface area contributed by atoms with Crippen molar-refractivity contribution in [3.05, 3.63) is 6.92 Å². The van der Waals surface area contributed by atoms with Crippen LogP contribution in [0.3, 0.4) is 0 Å². The molecule has 0 aliphatic rings. The van der Waals surface area contributed by atoms with E-state index in [0.29, 0.717) is 0 Å². The van der Waals surface area contributed by atoms with Gasteiger partial charge >= 0.3 is 0 Å². The van der Waals surface area contributed by atoms with Crippen molar-refractivity contribution in [2.45, 2.75) is 13.0 Å². The molecule has 0 bridgehead atoms. The molecule has 0 unspecified atom stereocenters. The normalized spacial score (nSPS) is 9.00. The molecule has 0 fully saturated rings. The average molecular weight is 58.1 g/mol. The van der Waals surface area contributed by atoms with E-state index >= 15 is 0 Å². The van der Waals surface area contributed by atoms with Crippen LogP contribution in [-0.2, 0) is 5.11 Å². The molecule has 0 aromatic rings. The van der Waals surface area contributed by atoms with Crippen molar-refractivity contribution in [1.29, 1.82) is 0 Å². The highest BCUT2D eigenvalue weighted by Gasteiger charge is 1.73. The third-order valence-corrected chi connectivity index (χ3v) is 0. The minimum atomic E-state index is -0.667. The number of rotatable bonds is 0. The van der Waals surface area contributed by atoms with Crippen molar-refractivity contribution in [3.63, 3.8) is 0 Å². The van der Waals surface area contributed by atoms with Gasteiger partial charge in [-0.15, -0.1) is 0 Å². The highest BCUT2D eigenvalue weighted by atomic mass is 16.3. The molecule has 0 saturated heterocycles. The maximum absolute atomic E-state index is 9.42. The van der Waals surface area contributed by atoms with E-state index in [2.05, 4.69) is 6.92 Å². The lowest BCUT2D eigenvalue weighted by atomic mass is 10.5. The first-order chi connectivity index (χ1) is 1.73. The van der Waals surface area contributed by atoms with E-state index in [-0.39, 0.29) is 0 Å². The van der Waals surface area contributed by atoms with Gasteiger partial charge in [0, 0.05) is 0 Å². The van der Waals surface area contributed by atoms with Gasteiger partial charge in [-0.1, -0.05) is 0 Å². The monoisotopic (exact) mass is 58.0 g/mol. The first-order valence-corrected chi connectivity index (χ1v) is 1.22. The van der Waals surface area contributed by atoms with Gasteiger partial charge in [0.15, 0.2) is 0 Å². The Morgan fingerprint density at radius 2 is 2.00 bits per heavy atom. The largest absolute Gasteiger partial charge is 0.233 e. The van der Waals surface area contributed by atoms with Crippen LogP contribution in [0, 0.1) is 6.92 Å². The van der Waals surface area contributed by atoms with Crippen molar-refractivity contribution in [1.82, 2.24) is 0 Å². The van der Waals surface area contributed by atoms with E-state index in [1.54, 1.807) is 0 Å². The van der Waals surface area contributed by atoms with Crippen molar-refractivity contribution in [2.24, 2.45) is 0 Å². The van der Waals surface area contributed by atoms with Crippen molar-refractivity contribution >= 4 is 0 Å². The molecular formula is C3H6O. The Bertz CT molecular complexity index is 8.00. The van der Waals surface area contributed by atoms with Crippen LogP contribution in [0.2, 0.25) is 0 Å². The van der Waals surface area contributed by atoms with Crippen molar-refractivity contribution in [3.8, 4) is 0 Å². The SMILES string of the molecule is [CH2][C@@H](C)[O]. The van der Waals surface area contributed by atoms with Gasteiger partial charge in [-0.3, -0.25) is 0 Å². The standard InChI is InChI=1S/C3H6O/c1-3(2)4/h3H,1H2,2H3/t3-/m0/s1. The van der Waals surface area contributed by atoms with E-state index in [9.17, 15) is 5.11 Å². The quantitative estimate of drug-likeness (QED) is 0.389. The number of hydrogen-bond donors (Lipinski definition) is 0. The third-order valence-electron chi connectivity index (χ3n) is 0. The van der Waals surface area contributed by atoms with Gasteiger partial charge in [-0.25, -0.2) is 5.11 Å². The molecule has 2 radical (unpaired) electrons. The van der Waals surface area contributed by atoms with Gasteiger partial charge in [-0.05, 0) is 13.8 Å². The van der Waals surface area contributed by atoms with Gasteiger partial charge in [0.1, 0.15) is 0 Å². The smallest absolute Gasteiger partial charge is 0.0903 e. The summed E-state index contributed by atoms with van der Waals surface area (Å²) in [5, 5.41) is 9.42. The lowest BCUT2D eigenvalue weighted by Gasteiger charge is -1.74. The van der Waals surface area contributed by atoms with Gasteiger partial charge in [0.2, 0.25) is 0 Å². The summed E-state index contributed by atoms with van der Waals surface area (Å²) >= 11 is 0. The third kappa shape index (κ3) is 1130. The predicted octanol–water partition coefficient (Wildman–Crippen LogP) is 0.639. The second-order valence-electron chi connectivity index (χ2n) is 0.811. The fraction of sp³-hybridized carbons (Fsp3) is 0.667. The summed E-state index contributed by atoms with van der Waals surface area (Å²) in [6.45, 7) is 4.58. The second kappa shape index (κ2) is 1.30. The van der Waals surface area contributed by atoms with Crippen LogP contribution in [-0.4, -0.2) is 6.10 Å². The van der Waals surface area contributed by atoms with Crippen molar-refractivity contribution < 1.29 is 5.11 Å². The van der Waals surface area contributed by atoms with Crippen LogP contribution < -0.4 is 0 Å². The summed E-state index contributed by atoms with van der Waals surface area (Å²) in [6, 6.07) is 0. The summed E-state index contributed by atoms with van der Waals surface area (Å²) in [6.07, 6.45) is -0.667. The van der Waals surface area contributed by atoms with E-state index in [1.165, 1.54) is 6.92 Å². The molecule has 0 aromatic heterocycles. The van der Waals surface area contributed by atoms with E-state index < -0.39 is 6.10 Å². The van der Waals surface area contributed by atoms with Crippen LogP contribution in [0.15, 0.2) is 0 Å². The average Bonchev–Trinajstić information content (AvgIpc) is 0.811. The highest BCUT2D eigenvalue weighted by Crippen LogP contribution is 1.66. The maximum Gasteiger partial charge on any atom is 0.0903 e. The Kier molecular flexibility index (Phi) is 1.28. The van der Waals surface area contributed by atoms with Crippen LogP contribution in [0.4, 0.5) is 0 Å². The molecule has 0 N–H and O–H groups in total. The molecule has 0 heterocycles. The minimum absolute atomic E-state index is 0.667. The maximum atomic E-state index is 9.42. The first kappa shape index (κ1) is 3.96. The molecule has 4 heavy (non-hydrogen) atoms. The molecular weight excluding hydrogens is 52.0 g/mol. The first-order valence-electron chi connectivity index (χ1n) is 1.22. The fourth-order valence-corrected chi connectivity index (χ4v) is 0. The van der Waals surface area contributed by atoms with Crippen LogP contribution >= 0.6 is 0 Å². The summed E-state index contributed by atoms with van der Waals surface area (Å²) in [5.41, 5.74) is 0. The Hall–Kier alpha value is -0.0400. The topological polar surface area (TPSA) is 19.9 Å². The van der Waals surface area contributed by atoms with Gasteiger partial charge in [0.05, 0.1) is 6.10 Å². The fourth-order valence-electron chi connectivity index (χ4n) is 0. The predicted molar refractivity (Wildman–Crippen MR) is 15.5 cm³/mol. The molecule has 1 nitrogen and oxygen atoms in total. The molecule has 24 valence electrons. The minimum Gasteiger partial charge on any atom is -0.233 e. The van der Waals surface area contributed by atoms with E-state index in [0.717, 1.165) is 0 Å². The summed E-state index contributed by atoms with van der Waals surface area (Å²) < 4.78 is 0. The summed E-state index contributed by atoms with van der Waals surface area (Å²) in [5.74, 6) is 0. The van der Waals surface area contributed by atoms with Crippen LogP contribution in [0.25, 0.3) is 0 Å². The molecule has 0 aliphatic carbocycles. The summed E-state index contributed by atoms with van der Waals surface area (Å²) in [4.78, 5) is 0. The Labute approximate surface area is 26.3 Å². The zero-order valence-electron chi connectivity index (χ0n) is 2.69. The molecule has 0 amide bonds. The molecule has 0 aliphatic heterocycles. The molecule has 0 saturated carbocycles. The molecule has 1 atom stereocenters. The zero-order chi connectivity index (χ0) is 3.58. The van der Waals surface area contributed by atoms with Gasteiger partial charge < -0.3 is 0 Å². The highest BCUT2D eigenvalue weighted by molar-refractivity contribution is 4.40. The van der Waals surface area contributed by atoms with Crippen LogP contribution in [0.1, 0.15) is 6.92 Å². The lowest BCUT2D eigenvalue weighted by Crippen LogP contribution is -1.82. The Balaban J connectivity index is 2.32. The molecule has 1 heteroatoms.